The standard InChI is InChI=1S/C25H30N2O5/c1-6-22(27(17-23(28)32-8-3)26-18(4)31-7-2)24-20(19-13-10-9-11-14-19)15-12-16-21(24)25(29)30-5/h6,9-16H,7-8,17H2,1-5H3/b22-6+,26-18+. The largest absolute Gasteiger partial charge is 0.480 e. The van der Waals surface area contributed by atoms with E-state index in [2.05, 4.69) is 5.10 Å². The average molecular weight is 439 g/mol. The van der Waals surface area contributed by atoms with Gasteiger partial charge in [0.25, 0.3) is 0 Å². The zero-order valence-corrected chi connectivity index (χ0v) is 19.3. The number of nitrogens with zero attached hydrogens (tertiary/aromatic N) is 2. The third-order valence-corrected chi connectivity index (χ3v) is 4.56. The first-order chi connectivity index (χ1) is 15.5. The summed E-state index contributed by atoms with van der Waals surface area (Å²) in [6.45, 7) is 7.66. The van der Waals surface area contributed by atoms with E-state index < -0.39 is 11.9 Å². The Labute approximate surface area is 189 Å². The molecule has 0 unspecified atom stereocenters. The number of ether oxygens (including phenoxy) is 3. The lowest BCUT2D eigenvalue weighted by molar-refractivity contribution is -0.143. The van der Waals surface area contributed by atoms with E-state index in [1.807, 2.05) is 50.2 Å². The Morgan fingerprint density at radius 2 is 1.69 bits per heavy atom. The Kier molecular flexibility index (Phi) is 9.47. The predicted molar refractivity (Wildman–Crippen MR) is 125 cm³/mol. The van der Waals surface area contributed by atoms with Gasteiger partial charge in [-0.05, 0) is 38.0 Å². The van der Waals surface area contributed by atoms with Crippen molar-refractivity contribution in [1.29, 1.82) is 0 Å². The summed E-state index contributed by atoms with van der Waals surface area (Å²) in [4.78, 5) is 25.1. The average Bonchev–Trinajstić information content (AvgIpc) is 2.80. The molecule has 0 aliphatic rings. The number of methoxy groups -OCH3 is 1. The highest BCUT2D eigenvalue weighted by atomic mass is 16.5. The Bertz CT molecular complexity index is 983. The van der Waals surface area contributed by atoms with Gasteiger partial charge in [-0.1, -0.05) is 48.5 Å². The zero-order valence-electron chi connectivity index (χ0n) is 19.3. The fourth-order valence-electron chi connectivity index (χ4n) is 3.30. The van der Waals surface area contributed by atoms with Crippen molar-refractivity contribution in [3.63, 3.8) is 0 Å². The molecule has 2 aromatic carbocycles. The summed E-state index contributed by atoms with van der Waals surface area (Å²) in [7, 11) is 1.34. The van der Waals surface area contributed by atoms with E-state index in [1.165, 1.54) is 12.1 Å². The van der Waals surface area contributed by atoms with Gasteiger partial charge in [-0.15, -0.1) is 5.10 Å². The molecule has 0 aromatic heterocycles. The van der Waals surface area contributed by atoms with Gasteiger partial charge in [-0.3, -0.25) is 9.80 Å². The van der Waals surface area contributed by atoms with Gasteiger partial charge in [0.1, 0.15) is 6.54 Å². The molecule has 0 aliphatic carbocycles. The first-order valence-corrected chi connectivity index (χ1v) is 10.5. The molecule has 0 bridgehead atoms. The monoisotopic (exact) mass is 438 g/mol. The molecule has 0 amide bonds. The van der Waals surface area contributed by atoms with Crippen LogP contribution in [0.1, 0.15) is 43.6 Å². The molecule has 0 heterocycles. The van der Waals surface area contributed by atoms with Gasteiger partial charge < -0.3 is 14.2 Å². The van der Waals surface area contributed by atoms with Gasteiger partial charge in [-0.25, -0.2) is 4.79 Å². The molecule has 0 aliphatic heterocycles. The highest BCUT2D eigenvalue weighted by molar-refractivity contribution is 5.99. The van der Waals surface area contributed by atoms with E-state index in [0.717, 1.165) is 11.1 Å². The summed E-state index contributed by atoms with van der Waals surface area (Å²) >= 11 is 0. The highest BCUT2D eigenvalue weighted by Gasteiger charge is 2.25. The second kappa shape index (κ2) is 12.3. The Balaban J connectivity index is 2.73. The molecule has 0 radical (unpaired) electrons. The molecule has 7 nitrogen and oxygen atoms in total. The molecule has 170 valence electrons. The summed E-state index contributed by atoms with van der Waals surface area (Å²) in [6.07, 6.45) is 1.80. The van der Waals surface area contributed by atoms with E-state index >= 15 is 0 Å². The van der Waals surface area contributed by atoms with Crippen LogP contribution in [-0.2, 0) is 19.0 Å². The number of hydrazone groups is 1. The van der Waals surface area contributed by atoms with E-state index in [4.69, 9.17) is 14.2 Å². The Hall–Kier alpha value is -3.61. The molecule has 0 N–H and O–H groups in total. The second-order valence-electron chi connectivity index (χ2n) is 6.67. The third-order valence-electron chi connectivity index (χ3n) is 4.56. The minimum Gasteiger partial charge on any atom is -0.480 e. The van der Waals surface area contributed by atoms with Crippen LogP contribution in [0.5, 0.6) is 0 Å². The number of esters is 2. The molecule has 0 atom stereocenters. The maximum Gasteiger partial charge on any atom is 0.338 e. The first-order valence-electron chi connectivity index (χ1n) is 10.5. The van der Waals surface area contributed by atoms with E-state index in [9.17, 15) is 9.59 Å². The molecule has 32 heavy (non-hydrogen) atoms. The fraction of sp³-hybridized carbons (Fsp3) is 0.320. The minimum absolute atomic E-state index is 0.151. The minimum atomic E-state index is -0.487. The van der Waals surface area contributed by atoms with Crippen molar-refractivity contribution in [2.45, 2.75) is 27.7 Å². The van der Waals surface area contributed by atoms with Crippen LogP contribution in [-0.4, -0.2) is 49.7 Å². The van der Waals surface area contributed by atoms with Crippen molar-refractivity contribution in [2.75, 3.05) is 26.9 Å². The van der Waals surface area contributed by atoms with Gasteiger partial charge in [0.2, 0.25) is 5.90 Å². The molecule has 0 fully saturated rings. The summed E-state index contributed by atoms with van der Waals surface area (Å²) < 4.78 is 15.7. The van der Waals surface area contributed by atoms with Crippen molar-refractivity contribution in [2.24, 2.45) is 5.10 Å². The third kappa shape index (κ3) is 6.20. The van der Waals surface area contributed by atoms with Crippen LogP contribution in [0.25, 0.3) is 16.8 Å². The number of allylic oxidation sites excluding steroid dienone is 1. The number of hydrogen-bond acceptors (Lipinski definition) is 7. The van der Waals surface area contributed by atoms with Crippen molar-refractivity contribution >= 4 is 23.5 Å². The smallest absolute Gasteiger partial charge is 0.338 e. The molecule has 0 saturated heterocycles. The lowest BCUT2D eigenvalue weighted by atomic mass is 9.92. The Morgan fingerprint density at radius 3 is 2.28 bits per heavy atom. The molecular formula is C25H30N2O5. The van der Waals surface area contributed by atoms with Gasteiger partial charge in [0.05, 0.1) is 31.6 Å². The SMILES string of the molecule is C/C=C(\c1c(C(=O)OC)cccc1-c1ccccc1)N(CC(=O)OCC)/N=C(\C)OCC. The normalized spacial score (nSPS) is 11.7. The van der Waals surface area contributed by atoms with Gasteiger partial charge in [0, 0.05) is 12.5 Å². The molecule has 7 heteroatoms. The van der Waals surface area contributed by atoms with Crippen LogP contribution < -0.4 is 0 Å². The van der Waals surface area contributed by atoms with Crippen molar-refractivity contribution in [1.82, 2.24) is 5.01 Å². The molecule has 0 saturated carbocycles. The number of benzene rings is 2. The van der Waals surface area contributed by atoms with Crippen molar-refractivity contribution < 1.29 is 23.8 Å². The second-order valence-corrected chi connectivity index (χ2v) is 6.67. The lowest BCUT2D eigenvalue weighted by Gasteiger charge is -2.25. The summed E-state index contributed by atoms with van der Waals surface area (Å²) in [5.41, 5.74) is 3.23. The summed E-state index contributed by atoms with van der Waals surface area (Å²) in [6, 6.07) is 15.1. The highest BCUT2D eigenvalue weighted by Crippen LogP contribution is 2.34. The van der Waals surface area contributed by atoms with Crippen LogP contribution in [0.4, 0.5) is 0 Å². The van der Waals surface area contributed by atoms with Crippen LogP contribution in [0.15, 0.2) is 59.7 Å². The van der Waals surface area contributed by atoms with Crippen molar-refractivity contribution in [3.8, 4) is 11.1 Å². The van der Waals surface area contributed by atoms with Gasteiger partial charge in [-0.2, -0.15) is 0 Å². The zero-order chi connectivity index (χ0) is 23.5. The maximum atomic E-state index is 12.7. The summed E-state index contributed by atoms with van der Waals surface area (Å²) in [5.74, 6) is -0.552. The van der Waals surface area contributed by atoms with Gasteiger partial charge in [0.15, 0.2) is 0 Å². The summed E-state index contributed by atoms with van der Waals surface area (Å²) in [5, 5.41) is 6.00. The Morgan fingerprint density at radius 1 is 1.00 bits per heavy atom. The van der Waals surface area contributed by atoms with Crippen LogP contribution in [0, 0.1) is 0 Å². The van der Waals surface area contributed by atoms with Gasteiger partial charge >= 0.3 is 11.9 Å². The quantitative estimate of drug-likeness (QED) is 0.244. The van der Waals surface area contributed by atoms with E-state index in [1.54, 1.807) is 32.1 Å². The predicted octanol–water partition coefficient (Wildman–Crippen LogP) is 4.74. The lowest BCUT2D eigenvalue weighted by Crippen LogP contribution is -2.28. The maximum absolute atomic E-state index is 12.7. The topological polar surface area (TPSA) is 77.4 Å². The number of carbonyl (C=O) groups excluding carboxylic acids is 2. The van der Waals surface area contributed by atoms with Crippen molar-refractivity contribution in [3.05, 3.63) is 65.7 Å². The number of carbonyl (C=O) groups is 2. The molecule has 2 aromatic rings. The molecule has 0 spiro atoms. The van der Waals surface area contributed by atoms with E-state index in [0.29, 0.717) is 29.3 Å². The van der Waals surface area contributed by atoms with Crippen LogP contribution in [0.3, 0.4) is 0 Å². The van der Waals surface area contributed by atoms with Crippen LogP contribution in [0.2, 0.25) is 0 Å². The van der Waals surface area contributed by atoms with E-state index in [-0.39, 0.29) is 13.2 Å². The number of hydrogen-bond donors (Lipinski definition) is 0. The van der Waals surface area contributed by atoms with Crippen LogP contribution >= 0.6 is 0 Å². The fourth-order valence-corrected chi connectivity index (χ4v) is 3.30. The molecule has 2 rings (SSSR count). The number of rotatable bonds is 9. The first kappa shape index (κ1) is 24.7. The molecular weight excluding hydrogens is 408 g/mol.